The van der Waals surface area contributed by atoms with E-state index in [0.29, 0.717) is 18.0 Å². The van der Waals surface area contributed by atoms with Gasteiger partial charge in [0.25, 0.3) is 0 Å². The van der Waals surface area contributed by atoms with E-state index in [1.165, 1.54) is 64.2 Å². The topological polar surface area (TPSA) is 41.1 Å². The van der Waals surface area contributed by atoms with Crippen LogP contribution in [0.2, 0.25) is 0 Å². The third-order valence-corrected chi connectivity index (χ3v) is 5.17. The quantitative estimate of drug-likeness (QED) is 0.726. The van der Waals surface area contributed by atoms with E-state index in [2.05, 4.69) is 17.6 Å². The van der Waals surface area contributed by atoms with Crippen molar-refractivity contribution in [3.63, 3.8) is 0 Å². The molecule has 0 spiro atoms. The van der Waals surface area contributed by atoms with Gasteiger partial charge in [-0.05, 0) is 37.5 Å². The molecule has 2 fully saturated rings. The summed E-state index contributed by atoms with van der Waals surface area (Å²) in [4.78, 5) is 11.9. The van der Waals surface area contributed by atoms with E-state index in [1.54, 1.807) is 0 Å². The highest BCUT2D eigenvalue weighted by molar-refractivity contribution is 5.78. The van der Waals surface area contributed by atoms with Crippen LogP contribution in [0.3, 0.4) is 0 Å². The van der Waals surface area contributed by atoms with Crippen LogP contribution < -0.4 is 10.6 Å². The first-order valence-corrected chi connectivity index (χ1v) is 8.24. The molecule has 19 heavy (non-hydrogen) atoms. The summed E-state index contributed by atoms with van der Waals surface area (Å²) in [6, 6.07) is 0.431. The summed E-state index contributed by atoms with van der Waals surface area (Å²) >= 11 is 0. The predicted molar refractivity (Wildman–Crippen MR) is 79.1 cm³/mol. The zero-order valence-electron chi connectivity index (χ0n) is 12.5. The Labute approximate surface area is 117 Å². The molecule has 3 heteroatoms. The summed E-state index contributed by atoms with van der Waals surface area (Å²) in [5, 5.41) is 6.57. The Morgan fingerprint density at radius 3 is 2.32 bits per heavy atom. The van der Waals surface area contributed by atoms with Crippen LogP contribution in [-0.4, -0.2) is 25.0 Å². The monoisotopic (exact) mass is 266 g/mol. The molecule has 0 aromatic carbocycles. The van der Waals surface area contributed by atoms with Gasteiger partial charge >= 0.3 is 0 Å². The van der Waals surface area contributed by atoms with E-state index in [4.69, 9.17) is 0 Å². The van der Waals surface area contributed by atoms with Crippen molar-refractivity contribution >= 4 is 5.91 Å². The van der Waals surface area contributed by atoms with Crippen LogP contribution in [0.4, 0.5) is 0 Å². The number of rotatable bonds is 6. The van der Waals surface area contributed by atoms with Crippen LogP contribution in [0.1, 0.15) is 71.1 Å². The van der Waals surface area contributed by atoms with Gasteiger partial charge in [0.2, 0.25) is 5.91 Å². The van der Waals surface area contributed by atoms with Gasteiger partial charge in [0.05, 0.1) is 6.54 Å². The van der Waals surface area contributed by atoms with Crippen molar-refractivity contribution in [1.29, 1.82) is 0 Å². The molecule has 0 radical (unpaired) electrons. The molecular weight excluding hydrogens is 236 g/mol. The minimum Gasteiger partial charge on any atom is -0.352 e. The summed E-state index contributed by atoms with van der Waals surface area (Å²) in [6.45, 7) is 3.78. The molecule has 0 unspecified atom stereocenters. The van der Waals surface area contributed by atoms with E-state index < -0.39 is 0 Å². The van der Waals surface area contributed by atoms with Crippen molar-refractivity contribution in [2.45, 2.75) is 77.2 Å². The fourth-order valence-electron chi connectivity index (χ4n) is 3.48. The van der Waals surface area contributed by atoms with Gasteiger partial charge in [-0.1, -0.05) is 39.0 Å². The summed E-state index contributed by atoms with van der Waals surface area (Å²) in [6.07, 6.45) is 12.8. The first-order chi connectivity index (χ1) is 9.24. The SMILES string of the molecule is CCC1(CNCC(=O)NC2CCCCCC2)CCC1. The number of carbonyl (C=O) groups is 1. The first kappa shape index (κ1) is 14.8. The second-order valence-electron chi connectivity index (χ2n) is 6.57. The van der Waals surface area contributed by atoms with E-state index in [1.807, 2.05) is 0 Å². The molecule has 0 atom stereocenters. The lowest BCUT2D eigenvalue weighted by atomic mass is 9.67. The smallest absolute Gasteiger partial charge is 0.234 e. The van der Waals surface area contributed by atoms with Crippen molar-refractivity contribution in [3.05, 3.63) is 0 Å². The molecule has 2 aliphatic rings. The van der Waals surface area contributed by atoms with E-state index in [0.717, 1.165) is 6.54 Å². The van der Waals surface area contributed by atoms with E-state index in [9.17, 15) is 4.79 Å². The van der Waals surface area contributed by atoms with Crippen LogP contribution in [0.15, 0.2) is 0 Å². The van der Waals surface area contributed by atoms with Crippen molar-refractivity contribution in [1.82, 2.24) is 10.6 Å². The largest absolute Gasteiger partial charge is 0.352 e. The lowest BCUT2D eigenvalue weighted by molar-refractivity contribution is -0.121. The Kier molecular flexibility index (Phi) is 5.68. The maximum absolute atomic E-state index is 11.9. The molecule has 1 amide bonds. The van der Waals surface area contributed by atoms with Gasteiger partial charge in [-0.15, -0.1) is 0 Å². The highest BCUT2D eigenvalue weighted by Gasteiger charge is 2.34. The minimum atomic E-state index is 0.192. The fourth-order valence-corrected chi connectivity index (χ4v) is 3.48. The van der Waals surface area contributed by atoms with Gasteiger partial charge in [0.15, 0.2) is 0 Å². The van der Waals surface area contributed by atoms with Crippen LogP contribution in [0.5, 0.6) is 0 Å². The normalized spacial score (nSPS) is 23.4. The van der Waals surface area contributed by atoms with Crippen molar-refractivity contribution < 1.29 is 4.79 Å². The lowest BCUT2D eigenvalue weighted by Gasteiger charge is -2.41. The molecule has 110 valence electrons. The Bertz CT molecular complexity index is 273. The second kappa shape index (κ2) is 7.28. The first-order valence-electron chi connectivity index (χ1n) is 8.24. The molecule has 2 aliphatic carbocycles. The zero-order chi connectivity index (χ0) is 13.6. The Morgan fingerprint density at radius 2 is 1.79 bits per heavy atom. The summed E-state index contributed by atoms with van der Waals surface area (Å²) < 4.78 is 0. The predicted octanol–water partition coefficient (Wildman–Crippen LogP) is 3.00. The number of carbonyl (C=O) groups excluding carboxylic acids is 1. The molecule has 0 heterocycles. The van der Waals surface area contributed by atoms with Crippen molar-refractivity contribution in [2.75, 3.05) is 13.1 Å². The minimum absolute atomic E-state index is 0.192. The molecule has 0 aliphatic heterocycles. The van der Waals surface area contributed by atoms with Gasteiger partial charge in [0.1, 0.15) is 0 Å². The van der Waals surface area contributed by atoms with Crippen LogP contribution in [-0.2, 0) is 4.79 Å². The average Bonchev–Trinajstić information content (AvgIpc) is 2.61. The molecule has 0 bridgehead atoms. The summed E-state index contributed by atoms with van der Waals surface area (Å²) in [5.74, 6) is 0.192. The number of nitrogens with one attached hydrogen (secondary N) is 2. The molecule has 2 N–H and O–H groups in total. The maximum Gasteiger partial charge on any atom is 0.234 e. The van der Waals surface area contributed by atoms with E-state index >= 15 is 0 Å². The highest BCUT2D eigenvalue weighted by Crippen LogP contribution is 2.42. The van der Waals surface area contributed by atoms with Gasteiger partial charge in [-0.3, -0.25) is 4.79 Å². The lowest BCUT2D eigenvalue weighted by Crippen LogP contribution is -2.45. The summed E-state index contributed by atoms with van der Waals surface area (Å²) in [7, 11) is 0. The average molecular weight is 266 g/mol. The zero-order valence-corrected chi connectivity index (χ0v) is 12.5. The molecule has 0 aromatic heterocycles. The molecule has 2 saturated carbocycles. The van der Waals surface area contributed by atoms with Gasteiger partial charge in [0, 0.05) is 12.6 Å². The van der Waals surface area contributed by atoms with Gasteiger partial charge in [-0.25, -0.2) is 0 Å². The molecule has 0 aromatic rings. The molecule has 2 rings (SSSR count). The highest BCUT2D eigenvalue weighted by atomic mass is 16.1. The van der Waals surface area contributed by atoms with E-state index in [-0.39, 0.29) is 5.91 Å². The van der Waals surface area contributed by atoms with Crippen molar-refractivity contribution in [2.24, 2.45) is 5.41 Å². The molecule has 0 saturated heterocycles. The van der Waals surface area contributed by atoms with Gasteiger partial charge < -0.3 is 10.6 Å². The Balaban J connectivity index is 1.61. The van der Waals surface area contributed by atoms with Crippen LogP contribution in [0.25, 0.3) is 0 Å². The number of hydrogen-bond donors (Lipinski definition) is 2. The number of hydrogen-bond acceptors (Lipinski definition) is 2. The number of amides is 1. The maximum atomic E-state index is 11.9. The standard InChI is InChI=1S/C16H30N2O/c1-2-16(10-7-11-16)13-17-12-15(19)18-14-8-5-3-4-6-9-14/h14,17H,2-13H2,1H3,(H,18,19). The van der Waals surface area contributed by atoms with Crippen LogP contribution >= 0.6 is 0 Å². The van der Waals surface area contributed by atoms with Crippen molar-refractivity contribution in [3.8, 4) is 0 Å². The molecule has 3 nitrogen and oxygen atoms in total. The van der Waals surface area contributed by atoms with Crippen LogP contribution in [0, 0.1) is 5.41 Å². The van der Waals surface area contributed by atoms with Gasteiger partial charge in [-0.2, -0.15) is 0 Å². The third-order valence-electron chi connectivity index (χ3n) is 5.17. The Morgan fingerprint density at radius 1 is 1.11 bits per heavy atom. The molecular formula is C16H30N2O. The summed E-state index contributed by atoms with van der Waals surface area (Å²) in [5.41, 5.74) is 0.503. The Hall–Kier alpha value is -0.570. The fraction of sp³-hybridized carbons (Fsp3) is 0.938. The third kappa shape index (κ3) is 4.48. The second-order valence-corrected chi connectivity index (χ2v) is 6.57.